The predicted molar refractivity (Wildman–Crippen MR) is 158 cm³/mol. The number of ether oxygens (including phenoxy) is 2. The van der Waals surface area contributed by atoms with E-state index in [1.165, 1.54) is 23.9 Å². The molecule has 0 fully saturated rings. The van der Waals surface area contributed by atoms with Crippen LogP contribution in [-0.4, -0.2) is 48.5 Å². The number of thioether (sulfide) groups is 1. The number of rotatable bonds is 14. The highest BCUT2D eigenvalue weighted by Crippen LogP contribution is 2.27. The second-order valence-corrected chi connectivity index (χ2v) is 11.9. The molecule has 14 heteroatoms. The van der Waals surface area contributed by atoms with Gasteiger partial charge in [-0.2, -0.15) is 0 Å². The van der Waals surface area contributed by atoms with E-state index in [9.17, 15) is 18.4 Å². The van der Waals surface area contributed by atoms with Crippen LogP contribution >= 0.6 is 11.8 Å². The number of nitrogens with one attached hydrogen (secondary N) is 1. The van der Waals surface area contributed by atoms with Crippen molar-refractivity contribution in [3.63, 3.8) is 0 Å². The van der Waals surface area contributed by atoms with Crippen molar-refractivity contribution in [2.75, 3.05) is 24.3 Å². The summed E-state index contributed by atoms with van der Waals surface area (Å²) in [5.41, 5.74) is 1.65. The number of unbranched alkanes of at least 4 members (excludes halogenated alkanes) is 2. The summed E-state index contributed by atoms with van der Waals surface area (Å²) in [5, 5.41) is 19.3. The Labute approximate surface area is 251 Å². The standard InChI is InChI=1S/C29H27N5O7S2/c35-25(20-42-29-31-24-17-9-8-16-23(24)26(32-29)30-21-12-4-1-5-13-21)39-18-10-3-11-19-40-27-28(34(36)41-33-27)43(37,38)22-14-6-2-7-15-22/h1-2,4-9,12-17H,3,10-11,18-20H2,(H,30,31,32). The third-order valence-electron chi connectivity index (χ3n) is 6.08. The van der Waals surface area contributed by atoms with Crippen molar-refractivity contribution >= 4 is 50.0 Å². The molecular weight excluding hydrogens is 594 g/mol. The molecule has 12 nitrogen and oxygen atoms in total. The molecule has 0 bridgehead atoms. The molecule has 0 aliphatic heterocycles. The fourth-order valence-corrected chi connectivity index (χ4v) is 5.96. The summed E-state index contributed by atoms with van der Waals surface area (Å²) < 4.78 is 40.8. The average Bonchev–Trinajstić information content (AvgIpc) is 3.41. The highest BCUT2D eigenvalue weighted by atomic mass is 32.2. The second kappa shape index (κ2) is 14.0. The molecule has 222 valence electrons. The third kappa shape index (κ3) is 7.59. The Morgan fingerprint density at radius 3 is 2.40 bits per heavy atom. The molecular formula is C29H27N5O7S2. The minimum atomic E-state index is -4.17. The van der Waals surface area contributed by atoms with E-state index in [0.717, 1.165) is 16.6 Å². The Morgan fingerprint density at radius 1 is 0.907 bits per heavy atom. The van der Waals surface area contributed by atoms with Gasteiger partial charge in [0.05, 0.1) is 34.5 Å². The first-order chi connectivity index (χ1) is 20.9. The zero-order valence-corrected chi connectivity index (χ0v) is 24.4. The summed E-state index contributed by atoms with van der Waals surface area (Å²) in [6, 6.07) is 24.8. The lowest BCUT2D eigenvalue weighted by atomic mass is 10.2. The molecule has 0 atom stereocenters. The smallest absolute Gasteiger partial charge is 0.414 e. The monoisotopic (exact) mass is 621 g/mol. The molecule has 43 heavy (non-hydrogen) atoms. The maximum Gasteiger partial charge on any atom is 0.414 e. The van der Waals surface area contributed by atoms with E-state index >= 15 is 0 Å². The van der Waals surface area contributed by atoms with Gasteiger partial charge in [0.25, 0.3) is 9.84 Å². The summed E-state index contributed by atoms with van der Waals surface area (Å²) in [7, 11) is -4.17. The summed E-state index contributed by atoms with van der Waals surface area (Å²) in [4.78, 5) is 21.2. The van der Waals surface area contributed by atoms with Gasteiger partial charge in [0.15, 0.2) is 5.16 Å². The van der Waals surface area contributed by atoms with Crippen molar-refractivity contribution in [3.05, 3.63) is 90.1 Å². The first kappa shape index (κ1) is 29.8. The van der Waals surface area contributed by atoms with Gasteiger partial charge in [-0.25, -0.2) is 18.4 Å². The fraction of sp³-hybridized carbons (Fsp3) is 0.207. The average molecular weight is 622 g/mol. The number of hydrogen-bond donors (Lipinski definition) is 1. The van der Waals surface area contributed by atoms with E-state index in [1.807, 2.05) is 54.6 Å². The molecule has 5 rings (SSSR count). The number of fused-ring (bicyclic) bond motifs is 1. The van der Waals surface area contributed by atoms with Crippen LogP contribution < -0.4 is 15.0 Å². The normalized spacial score (nSPS) is 11.3. The van der Waals surface area contributed by atoms with Crippen molar-refractivity contribution in [2.45, 2.75) is 34.3 Å². The number of sulfone groups is 1. The molecule has 0 aliphatic rings. The zero-order chi connectivity index (χ0) is 30.1. The van der Waals surface area contributed by atoms with Gasteiger partial charge < -0.3 is 20.0 Å². The van der Waals surface area contributed by atoms with Crippen LogP contribution in [-0.2, 0) is 19.4 Å². The van der Waals surface area contributed by atoms with E-state index in [0.29, 0.717) is 30.2 Å². The van der Waals surface area contributed by atoms with Gasteiger partial charge in [0, 0.05) is 11.1 Å². The number of esters is 1. The summed E-state index contributed by atoms with van der Waals surface area (Å²) in [6.07, 6.45) is 1.69. The van der Waals surface area contributed by atoms with Crippen LogP contribution in [0.3, 0.4) is 0 Å². The number of nitrogens with zero attached hydrogens (tertiary/aromatic N) is 4. The van der Waals surface area contributed by atoms with Crippen molar-refractivity contribution in [3.8, 4) is 5.88 Å². The number of benzene rings is 3. The van der Waals surface area contributed by atoms with Gasteiger partial charge in [0.1, 0.15) is 5.82 Å². The highest BCUT2D eigenvalue weighted by molar-refractivity contribution is 7.99. The second-order valence-electron chi connectivity index (χ2n) is 9.14. The fourth-order valence-electron chi connectivity index (χ4n) is 4.02. The van der Waals surface area contributed by atoms with Crippen LogP contribution in [0, 0.1) is 5.21 Å². The van der Waals surface area contributed by atoms with E-state index in [1.54, 1.807) is 18.2 Å². The number of anilines is 2. The summed E-state index contributed by atoms with van der Waals surface area (Å²) in [6.45, 7) is 0.295. The van der Waals surface area contributed by atoms with Crippen LogP contribution in [0.5, 0.6) is 5.88 Å². The Morgan fingerprint density at radius 2 is 1.60 bits per heavy atom. The lowest BCUT2D eigenvalue weighted by Gasteiger charge is -2.10. The Kier molecular flexibility index (Phi) is 9.69. The van der Waals surface area contributed by atoms with Gasteiger partial charge in [-0.15, -0.1) is 0 Å². The Bertz CT molecular complexity index is 1790. The summed E-state index contributed by atoms with van der Waals surface area (Å²) in [5.74, 6) is -0.101. The molecule has 2 aromatic heterocycles. The molecule has 0 unspecified atom stereocenters. The largest absolute Gasteiger partial charge is 0.465 e. The van der Waals surface area contributed by atoms with E-state index in [2.05, 4.69) is 25.1 Å². The first-order valence-corrected chi connectivity index (χ1v) is 15.8. The van der Waals surface area contributed by atoms with E-state index in [-0.39, 0.29) is 28.8 Å². The number of para-hydroxylation sites is 2. The minimum absolute atomic E-state index is 0.0479. The highest BCUT2D eigenvalue weighted by Gasteiger charge is 2.35. The van der Waals surface area contributed by atoms with E-state index in [4.69, 9.17) is 9.47 Å². The number of aromatic nitrogens is 4. The van der Waals surface area contributed by atoms with Crippen molar-refractivity contribution in [1.82, 2.24) is 15.1 Å². The maximum absolute atomic E-state index is 12.8. The molecule has 0 aliphatic carbocycles. The SMILES string of the molecule is O=C(CSc1nc(Nc2ccccc2)c2ccccc2n1)OCCCCCOc1no[n+]([O-])c1S(=O)(=O)c1ccccc1. The molecule has 0 radical (unpaired) electrons. The van der Waals surface area contributed by atoms with Crippen LogP contribution in [0.15, 0.2) is 105 Å². The molecule has 0 spiro atoms. The number of carbonyl (C=O) groups excluding carboxylic acids is 1. The van der Waals surface area contributed by atoms with Gasteiger partial charge in [-0.05, 0) is 60.6 Å². The first-order valence-electron chi connectivity index (χ1n) is 13.3. The van der Waals surface area contributed by atoms with E-state index < -0.39 is 26.7 Å². The third-order valence-corrected chi connectivity index (χ3v) is 8.63. The number of carbonyl (C=O) groups is 1. The minimum Gasteiger partial charge on any atom is -0.465 e. The van der Waals surface area contributed by atoms with Gasteiger partial charge in [0.2, 0.25) is 0 Å². The zero-order valence-electron chi connectivity index (χ0n) is 22.8. The molecule has 5 aromatic rings. The quantitative estimate of drug-likeness (QED) is 0.0599. The van der Waals surface area contributed by atoms with Crippen molar-refractivity contribution < 1.29 is 32.2 Å². The van der Waals surface area contributed by atoms with Crippen LogP contribution in [0.1, 0.15) is 19.3 Å². The lowest BCUT2D eigenvalue weighted by Crippen LogP contribution is -2.30. The molecule has 0 amide bonds. The molecule has 1 N–H and O–H groups in total. The maximum atomic E-state index is 12.8. The predicted octanol–water partition coefficient (Wildman–Crippen LogP) is 4.71. The molecule has 0 saturated carbocycles. The van der Waals surface area contributed by atoms with Crippen molar-refractivity contribution in [1.29, 1.82) is 0 Å². The Balaban J connectivity index is 1.05. The topological polar surface area (TPSA) is 160 Å². The Hall–Kier alpha value is -4.69. The van der Waals surface area contributed by atoms with Crippen molar-refractivity contribution in [2.24, 2.45) is 0 Å². The lowest BCUT2D eigenvalue weighted by molar-refractivity contribution is -0.832. The molecule has 3 aromatic carbocycles. The van der Waals surface area contributed by atoms with Gasteiger partial charge in [-0.1, -0.05) is 60.3 Å². The van der Waals surface area contributed by atoms with Crippen LogP contribution in [0.25, 0.3) is 10.9 Å². The van der Waals surface area contributed by atoms with Gasteiger partial charge >= 0.3 is 16.9 Å². The van der Waals surface area contributed by atoms with Gasteiger partial charge in [-0.3, -0.25) is 9.42 Å². The number of hydrogen-bond acceptors (Lipinski definition) is 12. The molecule has 2 heterocycles. The molecule has 0 saturated heterocycles. The van der Waals surface area contributed by atoms with Crippen LogP contribution in [0.4, 0.5) is 11.5 Å². The van der Waals surface area contributed by atoms with Crippen LogP contribution in [0.2, 0.25) is 0 Å². The summed E-state index contributed by atoms with van der Waals surface area (Å²) >= 11 is 1.19.